The van der Waals surface area contributed by atoms with Crippen LogP contribution >= 0.6 is 0 Å². The maximum absolute atomic E-state index is 13.4. The summed E-state index contributed by atoms with van der Waals surface area (Å²) in [7, 11) is -2.02. The number of aromatic nitrogens is 3. The zero-order valence-electron chi connectivity index (χ0n) is 16.7. The van der Waals surface area contributed by atoms with Crippen molar-refractivity contribution in [1.29, 1.82) is 0 Å². The van der Waals surface area contributed by atoms with E-state index in [0.717, 1.165) is 29.7 Å². The van der Waals surface area contributed by atoms with Crippen molar-refractivity contribution in [2.45, 2.75) is 51.3 Å². The maximum Gasteiger partial charge on any atom is 0.264 e. The Bertz CT molecular complexity index is 1170. The van der Waals surface area contributed by atoms with E-state index in [4.69, 9.17) is 4.52 Å². The minimum absolute atomic E-state index is 0.180. The molecule has 0 bridgehead atoms. The van der Waals surface area contributed by atoms with Gasteiger partial charge in [-0.2, -0.15) is 4.98 Å². The normalized spacial score (nSPS) is 14.5. The molecule has 0 radical (unpaired) electrons. The van der Waals surface area contributed by atoms with Gasteiger partial charge in [0.05, 0.1) is 11.3 Å². The molecule has 1 fully saturated rings. The van der Waals surface area contributed by atoms with Crippen LogP contribution in [0.5, 0.6) is 0 Å². The SMILES string of the molecule is Cc1cccc(NS(=O)(=O)c2c(-c3nc(C4CC4)no3)c(C)n(C)c2C)c1C. The summed E-state index contributed by atoms with van der Waals surface area (Å²) in [6.07, 6.45) is 2.09. The molecule has 0 spiro atoms. The Hall–Kier alpha value is -2.61. The fourth-order valence-corrected chi connectivity index (χ4v) is 5.04. The molecule has 1 N–H and O–H groups in total. The van der Waals surface area contributed by atoms with Crippen molar-refractivity contribution in [3.8, 4) is 11.5 Å². The number of sulfonamides is 1. The molecule has 0 unspecified atom stereocenters. The highest BCUT2D eigenvalue weighted by Gasteiger charge is 2.34. The molecule has 0 aliphatic heterocycles. The maximum atomic E-state index is 13.4. The quantitative estimate of drug-likeness (QED) is 0.699. The fraction of sp³-hybridized carbons (Fsp3) is 0.400. The molecule has 0 amide bonds. The Kier molecular flexibility index (Phi) is 4.33. The monoisotopic (exact) mass is 400 g/mol. The number of hydrogen-bond donors (Lipinski definition) is 1. The summed E-state index contributed by atoms with van der Waals surface area (Å²) in [6.45, 7) is 7.50. The standard InChI is InChI=1S/C20H24N4O3S/c1-11-7-6-8-16(12(11)2)23-28(25,26)18-14(4)24(5)13(3)17(18)20-21-19(22-27-20)15-9-10-15/h6-8,15,23H,9-10H2,1-5H3. The van der Waals surface area contributed by atoms with Gasteiger partial charge in [-0.3, -0.25) is 4.72 Å². The Morgan fingerprint density at radius 3 is 2.54 bits per heavy atom. The number of benzene rings is 1. The molecule has 28 heavy (non-hydrogen) atoms. The van der Waals surface area contributed by atoms with Gasteiger partial charge in [-0.1, -0.05) is 17.3 Å². The average molecular weight is 401 g/mol. The lowest BCUT2D eigenvalue weighted by molar-refractivity contribution is 0.421. The van der Waals surface area contributed by atoms with Gasteiger partial charge in [0, 0.05) is 24.4 Å². The van der Waals surface area contributed by atoms with E-state index in [2.05, 4.69) is 14.9 Å². The van der Waals surface area contributed by atoms with E-state index in [0.29, 0.717) is 28.7 Å². The van der Waals surface area contributed by atoms with Crippen molar-refractivity contribution in [2.24, 2.45) is 7.05 Å². The third-order valence-corrected chi connectivity index (χ3v) is 7.17. The van der Waals surface area contributed by atoms with Crippen molar-refractivity contribution in [3.05, 3.63) is 46.5 Å². The van der Waals surface area contributed by atoms with Gasteiger partial charge in [-0.05, 0) is 57.7 Å². The Morgan fingerprint density at radius 1 is 1.14 bits per heavy atom. The number of nitrogens with zero attached hydrogens (tertiary/aromatic N) is 3. The van der Waals surface area contributed by atoms with E-state index in [-0.39, 0.29) is 10.8 Å². The van der Waals surface area contributed by atoms with Gasteiger partial charge in [0.2, 0.25) is 0 Å². The smallest absolute Gasteiger partial charge is 0.264 e. The topological polar surface area (TPSA) is 90.0 Å². The summed E-state index contributed by atoms with van der Waals surface area (Å²) in [6, 6.07) is 5.56. The molecule has 0 atom stereocenters. The molecule has 1 aromatic carbocycles. The second-order valence-electron chi connectivity index (χ2n) is 7.52. The number of rotatable bonds is 5. The summed E-state index contributed by atoms with van der Waals surface area (Å²) >= 11 is 0. The predicted octanol–water partition coefficient (Wildman–Crippen LogP) is 3.99. The molecular weight excluding hydrogens is 376 g/mol. The molecule has 2 heterocycles. The Morgan fingerprint density at radius 2 is 1.86 bits per heavy atom. The van der Waals surface area contributed by atoms with Crippen LogP contribution in [0.15, 0.2) is 27.6 Å². The van der Waals surface area contributed by atoms with Crippen LogP contribution in [0, 0.1) is 27.7 Å². The molecule has 4 rings (SSSR count). The van der Waals surface area contributed by atoms with Gasteiger partial charge in [0.25, 0.3) is 15.9 Å². The first-order valence-corrected chi connectivity index (χ1v) is 10.8. The zero-order valence-corrected chi connectivity index (χ0v) is 17.5. The van der Waals surface area contributed by atoms with Crippen LogP contribution in [-0.2, 0) is 17.1 Å². The molecule has 3 aromatic rings. The minimum atomic E-state index is -3.86. The fourth-order valence-electron chi connectivity index (χ4n) is 3.40. The average Bonchev–Trinajstić information content (AvgIpc) is 3.33. The third kappa shape index (κ3) is 3.01. The molecule has 1 aliphatic carbocycles. The van der Waals surface area contributed by atoms with Crippen LogP contribution in [0.2, 0.25) is 0 Å². The van der Waals surface area contributed by atoms with Crippen molar-refractivity contribution in [2.75, 3.05) is 4.72 Å². The van der Waals surface area contributed by atoms with Gasteiger partial charge >= 0.3 is 0 Å². The summed E-state index contributed by atoms with van der Waals surface area (Å²) < 4.78 is 36.8. The Labute approximate surface area is 164 Å². The Balaban J connectivity index is 1.84. The molecule has 1 aliphatic rings. The third-order valence-electron chi connectivity index (χ3n) is 5.64. The molecular formula is C20H24N4O3S. The summed E-state index contributed by atoms with van der Waals surface area (Å²) in [5, 5.41) is 4.06. The second kappa shape index (κ2) is 6.48. The number of anilines is 1. The predicted molar refractivity (Wildman–Crippen MR) is 107 cm³/mol. The number of hydrogen-bond acceptors (Lipinski definition) is 5. The molecule has 2 aromatic heterocycles. The van der Waals surface area contributed by atoms with E-state index in [1.165, 1.54) is 0 Å². The van der Waals surface area contributed by atoms with Crippen molar-refractivity contribution in [3.63, 3.8) is 0 Å². The van der Waals surface area contributed by atoms with Gasteiger partial charge in [0.1, 0.15) is 4.90 Å². The minimum Gasteiger partial charge on any atom is -0.350 e. The highest BCUT2D eigenvalue weighted by atomic mass is 32.2. The largest absolute Gasteiger partial charge is 0.350 e. The van der Waals surface area contributed by atoms with Gasteiger partial charge in [-0.25, -0.2) is 8.42 Å². The second-order valence-corrected chi connectivity index (χ2v) is 9.14. The summed E-state index contributed by atoms with van der Waals surface area (Å²) in [5.74, 6) is 1.24. The lowest BCUT2D eigenvalue weighted by Gasteiger charge is -2.13. The molecule has 148 valence electrons. The van der Waals surface area contributed by atoms with E-state index in [1.807, 2.05) is 44.5 Å². The summed E-state index contributed by atoms with van der Waals surface area (Å²) in [5.41, 5.74) is 4.34. The van der Waals surface area contributed by atoms with E-state index < -0.39 is 10.0 Å². The van der Waals surface area contributed by atoms with Crippen LogP contribution in [0.3, 0.4) is 0 Å². The first kappa shape index (κ1) is 18.7. The molecule has 1 saturated carbocycles. The van der Waals surface area contributed by atoms with Crippen LogP contribution in [0.4, 0.5) is 5.69 Å². The highest BCUT2D eigenvalue weighted by Crippen LogP contribution is 2.41. The van der Waals surface area contributed by atoms with E-state index >= 15 is 0 Å². The van der Waals surface area contributed by atoms with Crippen LogP contribution in [0.1, 0.15) is 47.1 Å². The van der Waals surface area contributed by atoms with Crippen molar-refractivity contribution in [1.82, 2.24) is 14.7 Å². The van der Waals surface area contributed by atoms with Crippen LogP contribution in [-0.4, -0.2) is 23.1 Å². The molecule has 7 nitrogen and oxygen atoms in total. The number of nitrogens with one attached hydrogen (secondary N) is 1. The highest BCUT2D eigenvalue weighted by molar-refractivity contribution is 7.93. The summed E-state index contributed by atoms with van der Waals surface area (Å²) in [4.78, 5) is 4.67. The number of aryl methyl sites for hydroxylation is 1. The first-order valence-electron chi connectivity index (χ1n) is 9.29. The first-order chi connectivity index (χ1) is 13.2. The van der Waals surface area contributed by atoms with Crippen LogP contribution < -0.4 is 4.72 Å². The van der Waals surface area contributed by atoms with E-state index in [1.54, 1.807) is 13.0 Å². The molecule has 8 heteroatoms. The zero-order chi connectivity index (χ0) is 20.2. The lowest BCUT2D eigenvalue weighted by atomic mass is 10.1. The molecule has 0 saturated heterocycles. The van der Waals surface area contributed by atoms with E-state index in [9.17, 15) is 8.42 Å². The van der Waals surface area contributed by atoms with Crippen molar-refractivity contribution >= 4 is 15.7 Å². The lowest BCUT2D eigenvalue weighted by Crippen LogP contribution is -2.15. The van der Waals surface area contributed by atoms with Gasteiger partial charge in [-0.15, -0.1) is 0 Å². The van der Waals surface area contributed by atoms with Gasteiger partial charge < -0.3 is 9.09 Å². The van der Waals surface area contributed by atoms with Gasteiger partial charge in [0.15, 0.2) is 5.82 Å². The van der Waals surface area contributed by atoms with Crippen LogP contribution in [0.25, 0.3) is 11.5 Å². The van der Waals surface area contributed by atoms with Crippen molar-refractivity contribution < 1.29 is 12.9 Å².